The lowest BCUT2D eigenvalue weighted by Crippen LogP contribution is -2.31. The minimum absolute atomic E-state index is 0.0462. The molecule has 2 N–H and O–H groups in total. The summed E-state index contributed by atoms with van der Waals surface area (Å²) in [5, 5.41) is 13.2. The lowest BCUT2D eigenvalue weighted by atomic mass is 9.80. The number of hydrogen-bond donors (Lipinski definition) is 2. The Hall–Kier alpha value is -4.08. The first-order valence-electron chi connectivity index (χ1n) is 12.8. The molecule has 0 aliphatic heterocycles. The van der Waals surface area contributed by atoms with E-state index in [-0.39, 0.29) is 18.4 Å². The van der Waals surface area contributed by atoms with Gasteiger partial charge in [-0.2, -0.15) is 13.2 Å². The summed E-state index contributed by atoms with van der Waals surface area (Å²) in [4.78, 5) is 20.6. The number of carbonyl (C=O) groups is 1. The molecular weight excluding hydrogens is 509 g/mol. The Balaban J connectivity index is 1.72. The summed E-state index contributed by atoms with van der Waals surface area (Å²) in [6, 6.07) is 12.6. The van der Waals surface area contributed by atoms with Gasteiger partial charge in [0, 0.05) is 18.2 Å². The van der Waals surface area contributed by atoms with Crippen molar-refractivity contribution in [2.24, 2.45) is 5.92 Å². The Morgan fingerprint density at radius 3 is 2.46 bits per heavy atom. The quantitative estimate of drug-likeness (QED) is 0.257. The number of nitrogens with zero attached hydrogens (tertiary/aromatic N) is 3. The van der Waals surface area contributed by atoms with E-state index in [2.05, 4.69) is 15.3 Å². The second-order valence-corrected chi connectivity index (χ2v) is 10.1. The number of alkyl halides is 3. The van der Waals surface area contributed by atoms with Gasteiger partial charge in [-0.3, -0.25) is 0 Å². The summed E-state index contributed by atoms with van der Waals surface area (Å²) < 4.78 is 47.1. The first kappa shape index (κ1) is 26.5. The Bertz CT molecular complexity index is 1530. The third-order valence-corrected chi connectivity index (χ3v) is 7.41. The maximum absolute atomic E-state index is 13.2. The molecule has 0 amide bonds. The molecule has 2 heterocycles. The number of carboxylic acid groups (broad SMARTS) is 1. The molecule has 2 aromatic carbocycles. The molecule has 1 atom stereocenters. The van der Waals surface area contributed by atoms with Crippen LogP contribution < -0.4 is 10.1 Å². The van der Waals surface area contributed by atoms with Crippen molar-refractivity contribution in [3.05, 3.63) is 71.0 Å². The summed E-state index contributed by atoms with van der Waals surface area (Å²) in [7, 11) is 1.56. The molecule has 4 aromatic rings. The molecule has 0 spiro atoms. The number of aromatic nitrogens is 3. The van der Waals surface area contributed by atoms with Gasteiger partial charge in [0.05, 0.1) is 23.9 Å². The lowest BCUT2D eigenvalue weighted by Gasteiger charge is -2.32. The zero-order chi connectivity index (χ0) is 27.9. The zero-order valence-corrected chi connectivity index (χ0v) is 21.8. The number of aryl methyl sites for hydroxylation is 1. The minimum Gasteiger partial charge on any atom is -0.496 e. The summed E-state index contributed by atoms with van der Waals surface area (Å²) >= 11 is 0. The molecule has 0 radical (unpaired) electrons. The number of benzene rings is 2. The van der Waals surface area contributed by atoms with Crippen LogP contribution >= 0.6 is 0 Å². The molecule has 0 bridgehead atoms. The summed E-state index contributed by atoms with van der Waals surface area (Å²) in [5.41, 5.74) is 3.30. The van der Waals surface area contributed by atoms with E-state index in [0.29, 0.717) is 39.8 Å². The van der Waals surface area contributed by atoms with E-state index in [0.717, 1.165) is 42.5 Å². The molecule has 1 unspecified atom stereocenters. The number of aromatic carboxylic acids is 1. The Morgan fingerprint density at radius 2 is 1.87 bits per heavy atom. The normalized spacial score (nSPS) is 14.7. The van der Waals surface area contributed by atoms with Crippen molar-refractivity contribution in [3.63, 3.8) is 0 Å². The maximum Gasteiger partial charge on any atom is 0.416 e. The van der Waals surface area contributed by atoms with E-state index in [1.54, 1.807) is 13.2 Å². The fraction of sp³-hybridized carbons (Fsp3) is 0.345. The maximum atomic E-state index is 13.2. The highest BCUT2D eigenvalue weighted by Gasteiger charge is 2.30. The van der Waals surface area contributed by atoms with Gasteiger partial charge < -0.3 is 19.7 Å². The molecule has 1 aliphatic rings. The van der Waals surface area contributed by atoms with Crippen molar-refractivity contribution in [1.82, 2.24) is 14.5 Å². The molecular formula is C29H29F3N4O3. The second kappa shape index (κ2) is 10.2. The molecule has 2 aromatic heterocycles. The van der Waals surface area contributed by atoms with Crippen LogP contribution in [0.15, 0.2) is 48.5 Å². The molecule has 10 heteroatoms. The monoisotopic (exact) mass is 538 g/mol. The number of methoxy groups -OCH3 is 1. The number of ether oxygens (including phenoxy) is 1. The van der Waals surface area contributed by atoms with Crippen LogP contribution in [0.2, 0.25) is 0 Å². The third-order valence-electron chi connectivity index (χ3n) is 7.41. The Labute approximate surface area is 223 Å². The van der Waals surface area contributed by atoms with E-state index in [1.807, 2.05) is 36.6 Å². The number of anilines is 1. The molecule has 204 valence electrons. The number of fused-ring (bicyclic) bond motifs is 1. The number of rotatable bonds is 8. The minimum atomic E-state index is -4.44. The predicted octanol–water partition coefficient (Wildman–Crippen LogP) is 6.78. The van der Waals surface area contributed by atoms with Crippen molar-refractivity contribution in [2.45, 2.75) is 51.9 Å². The highest BCUT2D eigenvalue weighted by atomic mass is 19.4. The predicted molar refractivity (Wildman–Crippen MR) is 142 cm³/mol. The molecule has 1 saturated carbocycles. The van der Waals surface area contributed by atoms with Gasteiger partial charge in [0.2, 0.25) is 5.82 Å². The molecule has 1 fully saturated rings. The van der Waals surface area contributed by atoms with Gasteiger partial charge in [0.25, 0.3) is 0 Å². The molecule has 39 heavy (non-hydrogen) atoms. The van der Waals surface area contributed by atoms with Gasteiger partial charge in [0.1, 0.15) is 11.3 Å². The van der Waals surface area contributed by atoms with Gasteiger partial charge >= 0.3 is 12.1 Å². The molecule has 7 nitrogen and oxygen atoms in total. The summed E-state index contributed by atoms with van der Waals surface area (Å²) in [6.45, 7) is 4.20. The Morgan fingerprint density at radius 1 is 1.15 bits per heavy atom. The Kier molecular flexibility index (Phi) is 6.96. The molecule has 1 aliphatic carbocycles. The fourth-order valence-corrected chi connectivity index (χ4v) is 5.03. The van der Waals surface area contributed by atoms with E-state index in [9.17, 15) is 23.1 Å². The number of halogens is 3. The van der Waals surface area contributed by atoms with Gasteiger partial charge in [-0.15, -0.1) is 0 Å². The van der Waals surface area contributed by atoms with Crippen LogP contribution in [0, 0.1) is 12.8 Å². The molecule has 5 rings (SSSR count). The average Bonchev–Trinajstić information content (AvgIpc) is 3.21. The first-order valence-corrected chi connectivity index (χ1v) is 12.8. The second-order valence-electron chi connectivity index (χ2n) is 10.1. The van der Waals surface area contributed by atoms with E-state index in [4.69, 9.17) is 4.74 Å². The van der Waals surface area contributed by atoms with Crippen molar-refractivity contribution in [3.8, 4) is 17.0 Å². The van der Waals surface area contributed by atoms with Crippen molar-refractivity contribution in [2.75, 3.05) is 12.4 Å². The average molecular weight is 539 g/mol. The standard InChI is InChI=1S/C29H29F3N4O3/c1-16-7-12-24(39-3)21(13-16)23-14-22-25(36(23)15-18-8-10-20(11-9-18)29(30,31)32)26(35-27(34-22)28(37)38)33-17(2)19-5-4-6-19/h7-14,17,19H,4-6,15H2,1-3H3,(H,37,38)(H,33,34,35). The number of carboxylic acids is 1. The van der Waals surface area contributed by atoms with Gasteiger partial charge in [-0.1, -0.05) is 30.2 Å². The molecule has 0 saturated heterocycles. The van der Waals surface area contributed by atoms with Gasteiger partial charge in [0.15, 0.2) is 5.82 Å². The van der Waals surface area contributed by atoms with Crippen LogP contribution in [0.5, 0.6) is 5.75 Å². The van der Waals surface area contributed by atoms with Crippen LogP contribution in [-0.4, -0.2) is 38.8 Å². The summed E-state index contributed by atoms with van der Waals surface area (Å²) in [6.07, 6.45) is -1.13. The van der Waals surface area contributed by atoms with E-state index in [1.165, 1.54) is 12.1 Å². The van der Waals surface area contributed by atoms with E-state index >= 15 is 0 Å². The van der Waals surface area contributed by atoms with Crippen LogP contribution in [0.4, 0.5) is 19.0 Å². The van der Waals surface area contributed by atoms with Crippen molar-refractivity contribution < 1.29 is 27.8 Å². The number of nitrogens with one attached hydrogen (secondary N) is 1. The van der Waals surface area contributed by atoms with Crippen LogP contribution in [0.3, 0.4) is 0 Å². The highest BCUT2D eigenvalue weighted by Crippen LogP contribution is 2.38. The fourth-order valence-electron chi connectivity index (χ4n) is 5.03. The zero-order valence-electron chi connectivity index (χ0n) is 21.8. The van der Waals surface area contributed by atoms with Crippen molar-refractivity contribution in [1.29, 1.82) is 0 Å². The number of hydrogen-bond acceptors (Lipinski definition) is 5. The highest BCUT2D eigenvalue weighted by molar-refractivity contribution is 5.96. The lowest BCUT2D eigenvalue weighted by molar-refractivity contribution is -0.137. The van der Waals surface area contributed by atoms with Gasteiger partial charge in [-0.25, -0.2) is 14.8 Å². The first-order chi connectivity index (χ1) is 18.5. The van der Waals surface area contributed by atoms with E-state index < -0.39 is 17.7 Å². The third kappa shape index (κ3) is 5.28. The van der Waals surface area contributed by atoms with Crippen molar-refractivity contribution >= 4 is 22.8 Å². The largest absolute Gasteiger partial charge is 0.496 e. The topological polar surface area (TPSA) is 89.3 Å². The summed E-state index contributed by atoms with van der Waals surface area (Å²) in [5.74, 6) is -0.165. The van der Waals surface area contributed by atoms with Gasteiger partial charge in [-0.05, 0) is 68.5 Å². The smallest absolute Gasteiger partial charge is 0.416 e. The van der Waals surface area contributed by atoms with Crippen LogP contribution in [0.25, 0.3) is 22.3 Å². The van der Waals surface area contributed by atoms with Crippen LogP contribution in [0.1, 0.15) is 53.5 Å². The van der Waals surface area contributed by atoms with Crippen LogP contribution in [-0.2, 0) is 12.7 Å². The SMILES string of the molecule is COc1ccc(C)cc1-c1cc2nc(C(=O)O)nc(NC(C)C3CCC3)c2n1Cc1ccc(C(F)(F)F)cc1.